The molecule has 3 nitrogen and oxygen atoms in total. The molecule has 3 N–H and O–H groups in total. The molecular formula is C13H24N2O. The highest BCUT2D eigenvalue weighted by Crippen LogP contribution is 2.30. The highest BCUT2D eigenvalue weighted by Gasteiger charge is 2.29. The number of amides is 1. The molecule has 16 heavy (non-hydrogen) atoms. The Morgan fingerprint density at radius 1 is 1.31 bits per heavy atom. The zero-order chi connectivity index (χ0) is 11.5. The van der Waals surface area contributed by atoms with Crippen molar-refractivity contribution in [2.45, 2.75) is 51.5 Å². The third-order valence-corrected chi connectivity index (χ3v) is 4.42. The fourth-order valence-electron chi connectivity index (χ4n) is 3.16. The Balaban J connectivity index is 1.71. The Labute approximate surface area is 98.2 Å². The van der Waals surface area contributed by atoms with E-state index in [9.17, 15) is 4.79 Å². The second-order valence-corrected chi connectivity index (χ2v) is 5.68. The predicted octanol–water partition coefficient (Wildman–Crippen LogP) is 1.67. The third-order valence-electron chi connectivity index (χ3n) is 4.42. The number of hydrogen-bond donors (Lipinski definition) is 2. The molecule has 0 spiro atoms. The monoisotopic (exact) mass is 224 g/mol. The number of carbonyl (C=O) groups is 1. The summed E-state index contributed by atoms with van der Waals surface area (Å²) >= 11 is 0. The van der Waals surface area contributed by atoms with Crippen LogP contribution in [0.5, 0.6) is 0 Å². The molecule has 0 aromatic heterocycles. The van der Waals surface area contributed by atoms with Gasteiger partial charge in [0.05, 0.1) is 0 Å². The second-order valence-electron chi connectivity index (χ2n) is 5.68. The highest BCUT2D eigenvalue weighted by molar-refractivity contribution is 5.79. The Morgan fingerprint density at radius 2 is 2.12 bits per heavy atom. The summed E-state index contributed by atoms with van der Waals surface area (Å²) in [4.78, 5) is 11.9. The van der Waals surface area contributed by atoms with Gasteiger partial charge in [-0.25, -0.2) is 0 Å². The van der Waals surface area contributed by atoms with Crippen molar-refractivity contribution in [3.05, 3.63) is 0 Å². The molecule has 4 unspecified atom stereocenters. The van der Waals surface area contributed by atoms with Crippen LogP contribution in [0.3, 0.4) is 0 Å². The van der Waals surface area contributed by atoms with Crippen molar-refractivity contribution in [2.24, 2.45) is 23.5 Å². The average molecular weight is 224 g/mol. The normalized spacial score (nSPS) is 38.9. The van der Waals surface area contributed by atoms with Gasteiger partial charge in [-0.05, 0) is 37.5 Å². The van der Waals surface area contributed by atoms with Gasteiger partial charge in [0.1, 0.15) is 0 Å². The van der Waals surface area contributed by atoms with Crippen molar-refractivity contribution in [1.29, 1.82) is 0 Å². The van der Waals surface area contributed by atoms with Crippen LogP contribution in [0.25, 0.3) is 0 Å². The van der Waals surface area contributed by atoms with Crippen LogP contribution in [0.2, 0.25) is 0 Å². The van der Waals surface area contributed by atoms with E-state index in [1.165, 1.54) is 19.3 Å². The topological polar surface area (TPSA) is 55.1 Å². The molecule has 2 rings (SSSR count). The van der Waals surface area contributed by atoms with Gasteiger partial charge < -0.3 is 11.1 Å². The van der Waals surface area contributed by atoms with E-state index in [0.717, 1.165) is 31.7 Å². The zero-order valence-electron chi connectivity index (χ0n) is 10.2. The van der Waals surface area contributed by atoms with Gasteiger partial charge in [-0.2, -0.15) is 0 Å². The molecule has 0 radical (unpaired) electrons. The summed E-state index contributed by atoms with van der Waals surface area (Å²) in [5.41, 5.74) is 5.82. The lowest BCUT2D eigenvalue weighted by molar-refractivity contribution is -0.125. The maximum absolute atomic E-state index is 11.9. The van der Waals surface area contributed by atoms with Crippen molar-refractivity contribution < 1.29 is 4.79 Å². The molecule has 0 heterocycles. The van der Waals surface area contributed by atoms with Crippen molar-refractivity contribution in [3.63, 3.8) is 0 Å². The third kappa shape index (κ3) is 2.76. The standard InChI is InChI=1S/C13H24N2O/c1-9-3-2-4-11(9)8-15-13(16)10-5-6-12(14)7-10/h9-12H,2-8,14H2,1H3,(H,15,16). The minimum atomic E-state index is 0.187. The second kappa shape index (κ2) is 5.17. The van der Waals surface area contributed by atoms with E-state index in [0.29, 0.717) is 5.92 Å². The highest BCUT2D eigenvalue weighted by atomic mass is 16.1. The number of nitrogens with two attached hydrogens (primary N) is 1. The van der Waals surface area contributed by atoms with Crippen molar-refractivity contribution in [1.82, 2.24) is 5.32 Å². The zero-order valence-corrected chi connectivity index (χ0v) is 10.2. The summed E-state index contributed by atoms with van der Waals surface area (Å²) in [5.74, 6) is 1.92. The Kier molecular flexibility index (Phi) is 3.85. The molecule has 3 heteroatoms. The lowest BCUT2D eigenvalue weighted by Crippen LogP contribution is -2.34. The van der Waals surface area contributed by atoms with Crippen LogP contribution < -0.4 is 11.1 Å². The molecular weight excluding hydrogens is 200 g/mol. The van der Waals surface area contributed by atoms with Gasteiger partial charge in [-0.1, -0.05) is 19.8 Å². The lowest BCUT2D eigenvalue weighted by atomic mass is 9.98. The number of carbonyl (C=O) groups excluding carboxylic acids is 1. The van der Waals surface area contributed by atoms with Gasteiger partial charge in [0.2, 0.25) is 5.91 Å². The Bertz CT molecular complexity index is 254. The molecule has 0 aromatic carbocycles. The van der Waals surface area contributed by atoms with E-state index < -0.39 is 0 Å². The average Bonchev–Trinajstić information content (AvgIpc) is 2.84. The van der Waals surface area contributed by atoms with E-state index >= 15 is 0 Å². The largest absolute Gasteiger partial charge is 0.356 e. The first-order valence-corrected chi connectivity index (χ1v) is 6.70. The summed E-state index contributed by atoms with van der Waals surface area (Å²) in [6, 6.07) is 0.251. The molecule has 0 saturated heterocycles. The summed E-state index contributed by atoms with van der Waals surface area (Å²) < 4.78 is 0. The van der Waals surface area contributed by atoms with Crippen molar-refractivity contribution in [2.75, 3.05) is 6.54 Å². The predicted molar refractivity (Wildman–Crippen MR) is 64.8 cm³/mol. The van der Waals surface area contributed by atoms with Crippen LogP contribution in [0.4, 0.5) is 0 Å². The van der Waals surface area contributed by atoms with Gasteiger partial charge in [0, 0.05) is 18.5 Å². The molecule has 1 amide bonds. The van der Waals surface area contributed by atoms with Gasteiger partial charge >= 0.3 is 0 Å². The van der Waals surface area contributed by atoms with Crippen LogP contribution in [0.15, 0.2) is 0 Å². The van der Waals surface area contributed by atoms with Crippen LogP contribution in [-0.2, 0) is 4.79 Å². The van der Waals surface area contributed by atoms with Gasteiger partial charge in [-0.15, -0.1) is 0 Å². The molecule has 0 aromatic rings. The molecule has 0 bridgehead atoms. The SMILES string of the molecule is CC1CCCC1CNC(=O)C1CCC(N)C1. The first-order valence-electron chi connectivity index (χ1n) is 6.70. The van der Waals surface area contributed by atoms with Crippen molar-refractivity contribution in [3.8, 4) is 0 Å². The van der Waals surface area contributed by atoms with Gasteiger partial charge in [0.15, 0.2) is 0 Å². The molecule has 2 aliphatic rings. The Hall–Kier alpha value is -0.570. The summed E-state index contributed by atoms with van der Waals surface area (Å²) in [6.07, 6.45) is 6.81. The van der Waals surface area contributed by atoms with Crippen molar-refractivity contribution >= 4 is 5.91 Å². The van der Waals surface area contributed by atoms with E-state index in [4.69, 9.17) is 5.73 Å². The van der Waals surface area contributed by atoms with E-state index in [-0.39, 0.29) is 17.9 Å². The van der Waals surface area contributed by atoms with Gasteiger partial charge in [0.25, 0.3) is 0 Å². The van der Waals surface area contributed by atoms with Crippen LogP contribution in [0.1, 0.15) is 45.4 Å². The van der Waals surface area contributed by atoms with Crippen LogP contribution >= 0.6 is 0 Å². The maximum Gasteiger partial charge on any atom is 0.223 e. The fraction of sp³-hybridized carbons (Fsp3) is 0.923. The smallest absolute Gasteiger partial charge is 0.223 e. The number of nitrogens with one attached hydrogen (secondary N) is 1. The summed E-state index contributed by atoms with van der Waals surface area (Å²) in [7, 11) is 0. The Morgan fingerprint density at radius 3 is 2.69 bits per heavy atom. The van der Waals surface area contributed by atoms with Gasteiger partial charge in [-0.3, -0.25) is 4.79 Å². The van der Waals surface area contributed by atoms with E-state index in [1.807, 2.05) is 0 Å². The molecule has 92 valence electrons. The molecule has 2 aliphatic carbocycles. The number of rotatable bonds is 3. The summed E-state index contributed by atoms with van der Waals surface area (Å²) in [5, 5.41) is 3.12. The quantitative estimate of drug-likeness (QED) is 0.766. The lowest BCUT2D eigenvalue weighted by Gasteiger charge is -2.17. The fourth-order valence-corrected chi connectivity index (χ4v) is 3.16. The molecule has 4 atom stereocenters. The summed E-state index contributed by atoms with van der Waals surface area (Å²) in [6.45, 7) is 3.18. The van der Waals surface area contributed by atoms with Crippen LogP contribution in [0, 0.1) is 17.8 Å². The maximum atomic E-state index is 11.9. The van der Waals surface area contributed by atoms with Crippen LogP contribution in [-0.4, -0.2) is 18.5 Å². The molecule has 0 aliphatic heterocycles. The first-order chi connectivity index (χ1) is 7.66. The molecule has 2 fully saturated rings. The first kappa shape index (κ1) is 11.9. The van der Waals surface area contributed by atoms with E-state index in [1.54, 1.807) is 0 Å². The minimum absolute atomic E-state index is 0.187. The van der Waals surface area contributed by atoms with E-state index in [2.05, 4.69) is 12.2 Å². The minimum Gasteiger partial charge on any atom is -0.356 e. The number of hydrogen-bond acceptors (Lipinski definition) is 2. The molecule has 2 saturated carbocycles.